The van der Waals surface area contributed by atoms with Crippen molar-refractivity contribution in [1.29, 1.82) is 5.26 Å². The van der Waals surface area contributed by atoms with Gasteiger partial charge in [-0.25, -0.2) is 0 Å². The fourth-order valence-electron chi connectivity index (χ4n) is 1.33. The minimum Gasteiger partial charge on any atom is -0.192 e. The summed E-state index contributed by atoms with van der Waals surface area (Å²) in [6.07, 6.45) is 3.88. The number of nitriles is 1. The smallest absolute Gasteiger partial charge is 0.0991 e. The molecule has 0 fully saturated rings. The first kappa shape index (κ1) is 14.2. The molecule has 1 nitrogen and oxygen atoms in total. The number of hydrogen-bond donors (Lipinski definition) is 0. The van der Waals surface area contributed by atoms with Gasteiger partial charge in [-0.15, -0.1) is 0 Å². The van der Waals surface area contributed by atoms with Gasteiger partial charge in [0, 0.05) is 0 Å². The fourth-order valence-corrected chi connectivity index (χ4v) is 1.33. The van der Waals surface area contributed by atoms with Crippen molar-refractivity contribution in [2.75, 3.05) is 0 Å². The summed E-state index contributed by atoms with van der Waals surface area (Å²) in [5.41, 5.74) is 3.72. The molecule has 0 aliphatic carbocycles. The second-order valence-corrected chi connectivity index (χ2v) is 3.22. The monoisotopic (exact) mass is 213 g/mol. The van der Waals surface area contributed by atoms with Gasteiger partial charge in [0.1, 0.15) is 0 Å². The zero-order valence-electron chi connectivity index (χ0n) is 10.5. The maximum Gasteiger partial charge on any atom is 0.0991 e. The molecular weight excluding hydrogens is 194 g/mol. The van der Waals surface area contributed by atoms with Gasteiger partial charge < -0.3 is 0 Å². The molecule has 0 heterocycles. The van der Waals surface area contributed by atoms with Crippen molar-refractivity contribution < 1.29 is 0 Å². The van der Waals surface area contributed by atoms with Gasteiger partial charge >= 0.3 is 0 Å². The average Bonchev–Trinajstić information content (AvgIpc) is 2.31. The van der Waals surface area contributed by atoms with Crippen molar-refractivity contribution in [1.82, 2.24) is 0 Å². The first-order chi connectivity index (χ1) is 7.67. The van der Waals surface area contributed by atoms with Gasteiger partial charge in [0.25, 0.3) is 0 Å². The maximum absolute atomic E-state index is 8.80. The number of aryl methyl sites for hydroxylation is 1. The van der Waals surface area contributed by atoms with Crippen LogP contribution < -0.4 is 0 Å². The molecule has 16 heavy (non-hydrogen) atoms. The van der Waals surface area contributed by atoms with Crippen LogP contribution in [0, 0.1) is 18.3 Å². The molecule has 1 rings (SSSR count). The number of hydrogen-bond acceptors (Lipinski definition) is 1. The van der Waals surface area contributed by atoms with Crippen LogP contribution in [0.5, 0.6) is 0 Å². The second-order valence-electron chi connectivity index (χ2n) is 3.22. The van der Waals surface area contributed by atoms with Crippen molar-refractivity contribution >= 4 is 5.57 Å². The molecule has 0 aromatic heterocycles. The standard InChI is InChI=1S/C13H13N.C2H6/c1-4-5-11(3)13-7-10(2)6-12(8-13)9-14;1-2/h4-8H,3H2,1-2H3;1-2H3/b5-4-;. The normalized spacial score (nSPS) is 9.19. The molecule has 1 heteroatoms. The molecule has 0 radical (unpaired) electrons. The highest BCUT2D eigenvalue weighted by Crippen LogP contribution is 2.17. The SMILES string of the molecule is C=C(/C=C\C)c1cc(C)cc(C#N)c1.CC. The maximum atomic E-state index is 8.80. The zero-order valence-corrected chi connectivity index (χ0v) is 10.5. The van der Waals surface area contributed by atoms with Gasteiger partial charge in [-0.05, 0) is 42.7 Å². The van der Waals surface area contributed by atoms with Crippen LogP contribution in [0.1, 0.15) is 37.5 Å². The molecule has 0 amide bonds. The number of benzene rings is 1. The third-order valence-corrected chi connectivity index (χ3v) is 1.95. The first-order valence-corrected chi connectivity index (χ1v) is 5.51. The predicted octanol–water partition coefficient (Wildman–Crippen LogP) is 4.48. The van der Waals surface area contributed by atoms with E-state index in [-0.39, 0.29) is 0 Å². The van der Waals surface area contributed by atoms with Gasteiger partial charge in [-0.3, -0.25) is 0 Å². The summed E-state index contributed by atoms with van der Waals surface area (Å²) in [6.45, 7) is 11.9. The third kappa shape index (κ3) is 4.14. The zero-order chi connectivity index (χ0) is 12.6. The lowest BCUT2D eigenvalue weighted by atomic mass is 10.0. The van der Waals surface area contributed by atoms with E-state index in [1.54, 1.807) is 0 Å². The Hall–Kier alpha value is -1.81. The Morgan fingerprint density at radius 2 is 1.94 bits per heavy atom. The Morgan fingerprint density at radius 1 is 1.31 bits per heavy atom. The van der Waals surface area contributed by atoms with Crippen LogP contribution in [0.3, 0.4) is 0 Å². The van der Waals surface area contributed by atoms with E-state index >= 15 is 0 Å². The molecule has 1 aromatic carbocycles. The van der Waals surface area contributed by atoms with Gasteiger partial charge in [-0.1, -0.05) is 38.6 Å². The molecule has 0 aliphatic rings. The Labute approximate surface area is 98.7 Å². The van der Waals surface area contributed by atoms with E-state index in [9.17, 15) is 0 Å². The van der Waals surface area contributed by atoms with Crippen LogP contribution in [0.4, 0.5) is 0 Å². The Morgan fingerprint density at radius 3 is 2.44 bits per heavy atom. The molecule has 1 aromatic rings. The molecule has 0 unspecified atom stereocenters. The fraction of sp³-hybridized carbons (Fsp3) is 0.267. The third-order valence-electron chi connectivity index (χ3n) is 1.95. The van der Waals surface area contributed by atoms with Crippen molar-refractivity contribution in [2.45, 2.75) is 27.7 Å². The largest absolute Gasteiger partial charge is 0.192 e. The lowest BCUT2D eigenvalue weighted by molar-refractivity contribution is 1.40. The number of allylic oxidation sites excluding steroid dienone is 3. The molecule has 0 atom stereocenters. The molecular formula is C15H19N. The van der Waals surface area contributed by atoms with Gasteiger partial charge in [0.2, 0.25) is 0 Å². The van der Waals surface area contributed by atoms with E-state index in [4.69, 9.17) is 5.26 Å². The van der Waals surface area contributed by atoms with Crippen LogP contribution in [0.15, 0.2) is 36.9 Å². The Bertz CT molecular complexity index is 420. The van der Waals surface area contributed by atoms with Crippen LogP contribution in [-0.4, -0.2) is 0 Å². The van der Waals surface area contributed by atoms with Crippen molar-refractivity contribution in [3.63, 3.8) is 0 Å². The summed E-state index contributed by atoms with van der Waals surface area (Å²) >= 11 is 0. The number of rotatable bonds is 2. The summed E-state index contributed by atoms with van der Waals surface area (Å²) in [6, 6.07) is 7.89. The van der Waals surface area contributed by atoms with E-state index in [1.165, 1.54) is 0 Å². The Kier molecular flexibility index (Phi) is 6.63. The van der Waals surface area contributed by atoms with Gasteiger partial charge in [0.05, 0.1) is 11.6 Å². The minimum atomic E-state index is 0.686. The van der Waals surface area contributed by atoms with Crippen LogP contribution in [0.2, 0.25) is 0 Å². The van der Waals surface area contributed by atoms with E-state index in [2.05, 4.69) is 12.6 Å². The van der Waals surface area contributed by atoms with Crippen LogP contribution >= 0.6 is 0 Å². The van der Waals surface area contributed by atoms with Crippen LogP contribution in [-0.2, 0) is 0 Å². The molecule has 0 saturated carbocycles. The second kappa shape index (κ2) is 7.48. The topological polar surface area (TPSA) is 23.8 Å². The van der Waals surface area contributed by atoms with Crippen molar-refractivity contribution in [2.24, 2.45) is 0 Å². The molecule has 0 aliphatic heterocycles. The first-order valence-electron chi connectivity index (χ1n) is 5.51. The summed E-state index contributed by atoms with van der Waals surface area (Å²) in [7, 11) is 0. The average molecular weight is 213 g/mol. The quantitative estimate of drug-likeness (QED) is 0.664. The highest BCUT2D eigenvalue weighted by atomic mass is 14.2. The van der Waals surface area contributed by atoms with E-state index in [0.29, 0.717) is 5.56 Å². The predicted molar refractivity (Wildman–Crippen MR) is 71.1 cm³/mol. The van der Waals surface area contributed by atoms with Gasteiger partial charge in [-0.2, -0.15) is 5.26 Å². The summed E-state index contributed by atoms with van der Waals surface area (Å²) in [5.74, 6) is 0. The minimum absolute atomic E-state index is 0.686. The molecule has 84 valence electrons. The summed E-state index contributed by atoms with van der Waals surface area (Å²) in [4.78, 5) is 0. The molecule has 0 saturated heterocycles. The summed E-state index contributed by atoms with van der Waals surface area (Å²) < 4.78 is 0. The lowest BCUT2D eigenvalue weighted by Gasteiger charge is -2.02. The summed E-state index contributed by atoms with van der Waals surface area (Å²) in [5, 5.41) is 8.80. The molecule has 0 spiro atoms. The molecule has 0 N–H and O–H groups in total. The van der Waals surface area contributed by atoms with E-state index in [1.807, 2.05) is 58.0 Å². The van der Waals surface area contributed by atoms with Crippen molar-refractivity contribution in [3.8, 4) is 6.07 Å². The van der Waals surface area contributed by atoms with E-state index < -0.39 is 0 Å². The van der Waals surface area contributed by atoms with Crippen LogP contribution in [0.25, 0.3) is 5.57 Å². The van der Waals surface area contributed by atoms with Gasteiger partial charge in [0.15, 0.2) is 0 Å². The highest BCUT2D eigenvalue weighted by molar-refractivity contribution is 5.73. The van der Waals surface area contributed by atoms with Crippen molar-refractivity contribution in [3.05, 3.63) is 53.6 Å². The highest BCUT2D eigenvalue weighted by Gasteiger charge is 1.99. The van der Waals surface area contributed by atoms with E-state index in [0.717, 1.165) is 16.7 Å². The lowest BCUT2D eigenvalue weighted by Crippen LogP contribution is -1.84. The number of nitrogens with zero attached hydrogens (tertiary/aromatic N) is 1. The molecule has 0 bridgehead atoms. The Balaban J connectivity index is 0.00000106.